The van der Waals surface area contributed by atoms with Crippen LogP contribution >= 0.6 is 0 Å². The summed E-state index contributed by atoms with van der Waals surface area (Å²) in [6.45, 7) is 5.38. The molecule has 0 aliphatic heterocycles. The summed E-state index contributed by atoms with van der Waals surface area (Å²) >= 11 is 0. The van der Waals surface area contributed by atoms with Gasteiger partial charge >= 0.3 is 0 Å². The van der Waals surface area contributed by atoms with Gasteiger partial charge in [0.15, 0.2) is 0 Å². The Labute approximate surface area is 123 Å². The van der Waals surface area contributed by atoms with Crippen LogP contribution in [0.3, 0.4) is 0 Å². The van der Waals surface area contributed by atoms with Crippen LogP contribution in [0.15, 0.2) is 12.3 Å². The molecule has 0 aromatic carbocycles. The molecule has 0 radical (unpaired) electrons. The topological polar surface area (TPSA) is 28.2 Å². The van der Waals surface area contributed by atoms with Crippen LogP contribution in [0.2, 0.25) is 0 Å². The predicted molar refractivity (Wildman–Crippen MR) is 86.2 cm³/mol. The van der Waals surface area contributed by atoms with Crippen LogP contribution in [0.25, 0.3) is 0 Å². The van der Waals surface area contributed by atoms with E-state index in [9.17, 15) is 0 Å². The maximum atomic E-state index is 4.70. The Morgan fingerprint density at radius 2 is 2.00 bits per heavy atom. The molecule has 0 atom stereocenters. The highest BCUT2D eigenvalue weighted by molar-refractivity contribution is 5.47. The predicted octanol–water partition coefficient (Wildman–Crippen LogP) is 3.51. The molecule has 0 unspecified atom stereocenters. The molecule has 1 heterocycles. The first-order valence-corrected chi connectivity index (χ1v) is 7.98. The zero-order chi connectivity index (χ0) is 14.5. The number of anilines is 1. The summed E-state index contributed by atoms with van der Waals surface area (Å²) in [5, 5.41) is 3.18. The van der Waals surface area contributed by atoms with Crippen molar-refractivity contribution in [1.29, 1.82) is 0 Å². The molecule has 112 valence electrons. The molecule has 0 spiro atoms. The van der Waals surface area contributed by atoms with E-state index in [-0.39, 0.29) is 0 Å². The minimum absolute atomic E-state index is 0.666. The van der Waals surface area contributed by atoms with Crippen molar-refractivity contribution >= 4 is 5.82 Å². The fraction of sp³-hybridized carbons (Fsp3) is 0.706. The maximum absolute atomic E-state index is 4.70. The standard InChI is InChI=1S/C17H29N3/c1-5-14-6-8-16(9-7-14)20(4)17-13(2)10-15(11-18-3)12-19-17/h10,12,14,16,18H,5-9,11H2,1-4H3. The molecule has 1 aliphatic rings. The van der Waals surface area contributed by atoms with Crippen molar-refractivity contribution < 1.29 is 0 Å². The lowest BCUT2D eigenvalue weighted by Crippen LogP contribution is -2.36. The molecule has 1 aromatic rings. The first kappa shape index (κ1) is 15.3. The minimum atomic E-state index is 0.666. The van der Waals surface area contributed by atoms with Gasteiger partial charge in [0.2, 0.25) is 0 Å². The highest BCUT2D eigenvalue weighted by Crippen LogP contribution is 2.31. The quantitative estimate of drug-likeness (QED) is 0.891. The third kappa shape index (κ3) is 3.51. The average Bonchev–Trinajstić information content (AvgIpc) is 2.47. The first-order valence-electron chi connectivity index (χ1n) is 7.98. The third-order valence-corrected chi connectivity index (χ3v) is 4.76. The van der Waals surface area contributed by atoms with Crippen molar-refractivity contribution in [2.24, 2.45) is 5.92 Å². The van der Waals surface area contributed by atoms with Gasteiger partial charge in [0.05, 0.1) is 0 Å². The summed E-state index contributed by atoms with van der Waals surface area (Å²) in [4.78, 5) is 7.10. The fourth-order valence-corrected chi connectivity index (χ4v) is 3.41. The lowest BCUT2D eigenvalue weighted by atomic mass is 9.84. The van der Waals surface area contributed by atoms with E-state index in [4.69, 9.17) is 4.98 Å². The van der Waals surface area contributed by atoms with E-state index in [1.807, 2.05) is 13.2 Å². The van der Waals surface area contributed by atoms with Gasteiger partial charge in [0, 0.05) is 25.8 Å². The van der Waals surface area contributed by atoms with E-state index >= 15 is 0 Å². The molecular weight excluding hydrogens is 246 g/mol. The summed E-state index contributed by atoms with van der Waals surface area (Å²) in [6, 6.07) is 2.92. The second-order valence-corrected chi connectivity index (χ2v) is 6.21. The van der Waals surface area contributed by atoms with E-state index in [1.54, 1.807) is 0 Å². The van der Waals surface area contributed by atoms with E-state index in [1.165, 1.54) is 43.2 Å². The molecule has 0 saturated heterocycles. The zero-order valence-corrected chi connectivity index (χ0v) is 13.4. The Morgan fingerprint density at radius 1 is 1.30 bits per heavy atom. The lowest BCUT2D eigenvalue weighted by molar-refractivity contribution is 0.312. The molecule has 0 bridgehead atoms. The van der Waals surface area contributed by atoms with Crippen LogP contribution in [0, 0.1) is 12.8 Å². The van der Waals surface area contributed by atoms with Gasteiger partial charge in [0.25, 0.3) is 0 Å². The molecule has 1 aliphatic carbocycles. The smallest absolute Gasteiger partial charge is 0.131 e. The molecule has 1 saturated carbocycles. The minimum Gasteiger partial charge on any atom is -0.356 e. The van der Waals surface area contributed by atoms with Gasteiger partial charge in [-0.3, -0.25) is 0 Å². The summed E-state index contributed by atoms with van der Waals surface area (Å²) in [7, 11) is 4.19. The van der Waals surface area contributed by atoms with Crippen LogP contribution in [0.1, 0.15) is 50.2 Å². The molecule has 20 heavy (non-hydrogen) atoms. The van der Waals surface area contributed by atoms with Crippen molar-refractivity contribution in [2.75, 3.05) is 19.0 Å². The monoisotopic (exact) mass is 275 g/mol. The van der Waals surface area contributed by atoms with Crippen LogP contribution in [0.5, 0.6) is 0 Å². The second kappa shape index (κ2) is 7.07. The van der Waals surface area contributed by atoms with Gasteiger partial charge in [-0.15, -0.1) is 0 Å². The number of aryl methyl sites for hydroxylation is 1. The van der Waals surface area contributed by atoms with Crippen molar-refractivity contribution in [1.82, 2.24) is 10.3 Å². The highest BCUT2D eigenvalue weighted by atomic mass is 15.2. The van der Waals surface area contributed by atoms with Crippen molar-refractivity contribution in [2.45, 2.75) is 58.5 Å². The van der Waals surface area contributed by atoms with E-state index in [2.05, 4.69) is 37.2 Å². The van der Waals surface area contributed by atoms with Crippen LogP contribution in [-0.4, -0.2) is 25.1 Å². The molecule has 0 amide bonds. The summed E-state index contributed by atoms with van der Waals surface area (Å²) in [6.07, 6.45) is 8.73. The molecule has 2 rings (SSSR count). The summed E-state index contributed by atoms with van der Waals surface area (Å²) in [5.74, 6) is 2.11. The Kier molecular flexibility index (Phi) is 5.41. The van der Waals surface area contributed by atoms with Crippen molar-refractivity contribution in [3.05, 3.63) is 23.4 Å². The Balaban J connectivity index is 2.03. The van der Waals surface area contributed by atoms with Gasteiger partial charge in [-0.2, -0.15) is 0 Å². The van der Waals surface area contributed by atoms with Crippen molar-refractivity contribution in [3.8, 4) is 0 Å². The SMILES string of the molecule is CCC1CCC(N(C)c2ncc(CNC)cc2C)CC1. The summed E-state index contributed by atoms with van der Waals surface area (Å²) in [5.41, 5.74) is 2.55. The number of nitrogens with zero attached hydrogens (tertiary/aromatic N) is 2. The molecule has 1 N–H and O–H groups in total. The molecule has 3 nitrogen and oxygen atoms in total. The third-order valence-electron chi connectivity index (χ3n) is 4.76. The molecule has 3 heteroatoms. The maximum Gasteiger partial charge on any atom is 0.131 e. The van der Waals surface area contributed by atoms with E-state index in [0.717, 1.165) is 18.3 Å². The number of hydrogen-bond acceptors (Lipinski definition) is 3. The zero-order valence-electron chi connectivity index (χ0n) is 13.4. The Hall–Kier alpha value is -1.09. The Morgan fingerprint density at radius 3 is 2.55 bits per heavy atom. The van der Waals surface area contributed by atoms with Gasteiger partial charge in [-0.05, 0) is 62.8 Å². The van der Waals surface area contributed by atoms with Crippen LogP contribution in [0.4, 0.5) is 5.82 Å². The molecular formula is C17H29N3. The number of pyridine rings is 1. The number of nitrogens with one attached hydrogen (secondary N) is 1. The lowest BCUT2D eigenvalue weighted by Gasteiger charge is -2.35. The molecule has 1 fully saturated rings. The van der Waals surface area contributed by atoms with Gasteiger partial charge in [-0.25, -0.2) is 4.98 Å². The van der Waals surface area contributed by atoms with Gasteiger partial charge in [0.1, 0.15) is 5.82 Å². The van der Waals surface area contributed by atoms with Crippen molar-refractivity contribution in [3.63, 3.8) is 0 Å². The van der Waals surface area contributed by atoms with Crippen LogP contribution in [-0.2, 0) is 6.54 Å². The summed E-state index contributed by atoms with van der Waals surface area (Å²) < 4.78 is 0. The normalized spacial score (nSPS) is 22.8. The fourth-order valence-electron chi connectivity index (χ4n) is 3.41. The van der Waals surface area contributed by atoms with Gasteiger partial charge < -0.3 is 10.2 Å². The number of hydrogen-bond donors (Lipinski definition) is 1. The van der Waals surface area contributed by atoms with Crippen LogP contribution < -0.4 is 10.2 Å². The Bertz CT molecular complexity index is 422. The van der Waals surface area contributed by atoms with E-state index in [0.29, 0.717) is 6.04 Å². The molecule has 1 aromatic heterocycles. The average molecular weight is 275 g/mol. The largest absolute Gasteiger partial charge is 0.356 e. The van der Waals surface area contributed by atoms with E-state index < -0.39 is 0 Å². The second-order valence-electron chi connectivity index (χ2n) is 6.21. The highest BCUT2D eigenvalue weighted by Gasteiger charge is 2.24. The number of aromatic nitrogens is 1. The number of rotatable bonds is 5. The van der Waals surface area contributed by atoms with Gasteiger partial charge in [-0.1, -0.05) is 13.3 Å². The first-order chi connectivity index (χ1) is 9.65.